The lowest BCUT2D eigenvalue weighted by Gasteiger charge is -2.18. The van der Waals surface area contributed by atoms with Crippen molar-refractivity contribution in [3.63, 3.8) is 0 Å². The average Bonchev–Trinajstić information content (AvgIpc) is 2.79. The smallest absolute Gasteiger partial charge is 0.0539 e. The van der Waals surface area contributed by atoms with E-state index in [-0.39, 0.29) is 0 Å². The topological polar surface area (TPSA) is 0 Å². The minimum atomic E-state index is -0.446. The Bertz CT molecular complexity index is 917. The van der Waals surface area contributed by atoms with E-state index in [1.807, 2.05) is 12.1 Å². The van der Waals surface area contributed by atoms with Gasteiger partial charge in [0.25, 0.3) is 0 Å². The average molecular weight is 594 g/mol. The van der Waals surface area contributed by atoms with Gasteiger partial charge in [-0.05, 0) is 64.1 Å². The lowest BCUT2D eigenvalue weighted by molar-refractivity contribution is 1.42. The van der Waals surface area contributed by atoms with Crippen molar-refractivity contribution in [2.24, 2.45) is 0 Å². The van der Waals surface area contributed by atoms with E-state index in [4.69, 9.17) is 11.6 Å². The predicted octanol–water partition coefficient (Wildman–Crippen LogP) is 7.28. The first-order chi connectivity index (χ1) is 14.2. The van der Waals surface area contributed by atoms with Crippen molar-refractivity contribution in [1.29, 1.82) is 0 Å². The van der Waals surface area contributed by atoms with Gasteiger partial charge in [-0.15, -0.1) is 0 Å². The van der Waals surface area contributed by atoms with Gasteiger partial charge in [0.15, 0.2) is 0 Å². The summed E-state index contributed by atoms with van der Waals surface area (Å²) in [7, 11) is -0.446. The fourth-order valence-electron chi connectivity index (χ4n) is 2.80. The Morgan fingerprint density at radius 3 is 1.41 bits per heavy atom. The zero-order valence-electron chi connectivity index (χ0n) is 15.7. The van der Waals surface area contributed by atoms with Gasteiger partial charge in [-0.25, -0.2) is 0 Å². The second-order valence-electron chi connectivity index (χ2n) is 6.22. The molecule has 0 unspecified atom stereocenters. The maximum atomic E-state index is 5.81. The van der Waals surface area contributed by atoms with Crippen molar-refractivity contribution in [1.82, 2.24) is 0 Å². The van der Waals surface area contributed by atoms with Crippen molar-refractivity contribution in [3.05, 3.63) is 123 Å². The molecule has 4 aromatic rings. The summed E-state index contributed by atoms with van der Waals surface area (Å²) in [5.41, 5.74) is 1.26. The first kappa shape index (κ1) is 22.5. The molecule has 0 bridgehead atoms. The molecule has 4 aromatic carbocycles. The minimum Gasteiger partial charge on any atom is -0.0876 e. The fraction of sp³-hybridized carbons (Fsp3) is 0.0400. The SMILES string of the molecule is Clc1ccc(CBr)cc1I.c1ccc(P(c2ccccc2)c2ccccc2)cc1. The third-order valence-corrected chi connectivity index (χ3v) is 8.81. The Kier molecular flexibility index (Phi) is 9.20. The second kappa shape index (κ2) is 11.9. The summed E-state index contributed by atoms with van der Waals surface area (Å²) in [6, 6.07) is 38.3. The Morgan fingerprint density at radius 2 is 1.07 bits per heavy atom. The molecule has 0 aliphatic heterocycles. The number of alkyl halides is 1. The van der Waals surface area contributed by atoms with Crippen LogP contribution in [-0.2, 0) is 5.33 Å². The van der Waals surface area contributed by atoms with Gasteiger partial charge in [0.2, 0.25) is 0 Å². The summed E-state index contributed by atoms with van der Waals surface area (Å²) in [5, 5.41) is 5.91. The lowest BCUT2D eigenvalue weighted by atomic mass is 10.2. The van der Waals surface area contributed by atoms with E-state index in [9.17, 15) is 0 Å². The monoisotopic (exact) mass is 592 g/mol. The molecule has 0 aromatic heterocycles. The molecule has 0 aliphatic carbocycles. The van der Waals surface area contributed by atoms with E-state index in [2.05, 4.69) is 136 Å². The van der Waals surface area contributed by atoms with Crippen LogP contribution >= 0.6 is 58.0 Å². The van der Waals surface area contributed by atoms with Gasteiger partial charge in [0.05, 0.1) is 5.02 Å². The Labute approximate surface area is 201 Å². The molecule has 146 valence electrons. The van der Waals surface area contributed by atoms with Crippen LogP contribution in [0.15, 0.2) is 109 Å². The van der Waals surface area contributed by atoms with E-state index in [1.54, 1.807) is 0 Å². The maximum absolute atomic E-state index is 5.81. The minimum absolute atomic E-state index is 0.446. The van der Waals surface area contributed by atoms with Crippen LogP contribution in [-0.4, -0.2) is 0 Å². The molecule has 0 aliphatic rings. The zero-order valence-corrected chi connectivity index (χ0v) is 21.1. The van der Waals surface area contributed by atoms with Crippen molar-refractivity contribution in [2.45, 2.75) is 5.33 Å². The van der Waals surface area contributed by atoms with E-state index >= 15 is 0 Å². The van der Waals surface area contributed by atoms with Crippen molar-refractivity contribution >= 4 is 74.0 Å². The molecule has 4 rings (SSSR count). The Balaban J connectivity index is 0.000000204. The van der Waals surface area contributed by atoms with Crippen LogP contribution < -0.4 is 15.9 Å². The Morgan fingerprint density at radius 1 is 0.655 bits per heavy atom. The molecule has 4 heteroatoms. The summed E-state index contributed by atoms with van der Waals surface area (Å²) in [4.78, 5) is 0. The molecule has 0 N–H and O–H groups in total. The van der Waals surface area contributed by atoms with E-state index in [1.165, 1.54) is 21.5 Å². The predicted molar refractivity (Wildman–Crippen MR) is 142 cm³/mol. The maximum Gasteiger partial charge on any atom is 0.0539 e. The second-order valence-corrected chi connectivity index (χ2v) is 10.6. The largest absolute Gasteiger partial charge is 0.0876 e. The highest BCUT2D eigenvalue weighted by Gasteiger charge is 2.14. The summed E-state index contributed by atoms with van der Waals surface area (Å²) >= 11 is 11.4. The first-order valence-corrected chi connectivity index (χ1v) is 13.1. The molecular formula is C25H20BrClIP. The number of halogens is 3. The van der Waals surface area contributed by atoms with Crippen LogP contribution in [0.3, 0.4) is 0 Å². The Hall–Kier alpha value is -1.19. The zero-order chi connectivity index (χ0) is 20.5. The molecule has 0 radical (unpaired) electrons. The van der Waals surface area contributed by atoms with Gasteiger partial charge in [-0.1, -0.05) is 125 Å². The summed E-state index contributed by atoms with van der Waals surface area (Å²) in [5.74, 6) is 0. The molecule has 29 heavy (non-hydrogen) atoms. The highest BCUT2D eigenvalue weighted by atomic mass is 127. The third-order valence-electron chi connectivity index (χ3n) is 4.18. The standard InChI is InChI=1S/C18H15P.C7H5BrClI/c1-4-10-16(11-5-1)19(17-12-6-2-7-13-17)18-14-8-3-9-15-18;8-4-5-1-2-6(9)7(10)3-5/h1-15H;1-3H,4H2. The molecular weight excluding hydrogens is 574 g/mol. The molecule has 0 atom stereocenters. The number of benzene rings is 4. The first-order valence-electron chi connectivity index (χ1n) is 9.14. The molecule has 0 saturated heterocycles. The molecule has 0 nitrogen and oxygen atoms in total. The number of rotatable bonds is 4. The van der Waals surface area contributed by atoms with Gasteiger partial charge in [-0.3, -0.25) is 0 Å². The molecule has 0 fully saturated rings. The van der Waals surface area contributed by atoms with Crippen LogP contribution in [0, 0.1) is 3.57 Å². The molecule has 0 amide bonds. The van der Waals surface area contributed by atoms with Gasteiger partial charge < -0.3 is 0 Å². The van der Waals surface area contributed by atoms with Gasteiger partial charge in [0, 0.05) is 8.90 Å². The van der Waals surface area contributed by atoms with Gasteiger partial charge in [-0.2, -0.15) is 0 Å². The summed E-state index contributed by atoms with van der Waals surface area (Å²) in [6.45, 7) is 0. The van der Waals surface area contributed by atoms with Crippen LogP contribution in [0.25, 0.3) is 0 Å². The fourth-order valence-corrected chi connectivity index (χ4v) is 6.15. The van der Waals surface area contributed by atoms with Gasteiger partial charge in [0.1, 0.15) is 0 Å². The lowest BCUT2D eigenvalue weighted by Crippen LogP contribution is -2.20. The summed E-state index contributed by atoms with van der Waals surface area (Å²) < 4.78 is 1.11. The van der Waals surface area contributed by atoms with Crippen LogP contribution in [0.2, 0.25) is 5.02 Å². The molecule has 0 saturated carbocycles. The highest BCUT2D eigenvalue weighted by Crippen LogP contribution is 2.32. The summed E-state index contributed by atoms with van der Waals surface area (Å²) in [6.07, 6.45) is 0. The number of hydrogen-bond donors (Lipinski definition) is 0. The van der Waals surface area contributed by atoms with E-state index < -0.39 is 7.92 Å². The molecule has 0 heterocycles. The molecule has 0 spiro atoms. The van der Waals surface area contributed by atoms with Crippen molar-refractivity contribution < 1.29 is 0 Å². The van der Waals surface area contributed by atoms with Crippen molar-refractivity contribution in [3.8, 4) is 0 Å². The quantitative estimate of drug-likeness (QED) is 0.133. The third kappa shape index (κ3) is 6.65. The van der Waals surface area contributed by atoms with Crippen LogP contribution in [0.4, 0.5) is 0 Å². The normalized spacial score (nSPS) is 10.3. The van der Waals surface area contributed by atoms with Crippen LogP contribution in [0.5, 0.6) is 0 Å². The van der Waals surface area contributed by atoms with E-state index in [0.29, 0.717) is 0 Å². The number of hydrogen-bond acceptors (Lipinski definition) is 0. The highest BCUT2D eigenvalue weighted by molar-refractivity contribution is 14.1. The van der Waals surface area contributed by atoms with E-state index in [0.717, 1.165) is 13.9 Å². The van der Waals surface area contributed by atoms with Crippen LogP contribution in [0.1, 0.15) is 5.56 Å². The van der Waals surface area contributed by atoms with Crippen molar-refractivity contribution in [2.75, 3.05) is 0 Å². The van der Waals surface area contributed by atoms with Gasteiger partial charge >= 0.3 is 0 Å².